The SMILES string of the molecule is CCn1c(SCC(=O)Nc2ccc(F)cc2F)nnc1-c1nonc1NC(C)=O. The van der Waals surface area contributed by atoms with Crippen LogP contribution >= 0.6 is 11.8 Å². The normalized spacial score (nSPS) is 10.8. The van der Waals surface area contributed by atoms with Gasteiger partial charge < -0.3 is 15.2 Å². The van der Waals surface area contributed by atoms with Crippen molar-refractivity contribution in [2.45, 2.75) is 25.5 Å². The van der Waals surface area contributed by atoms with Gasteiger partial charge in [0.05, 0.1) is 11.4 Å². The molecule has 3 rings (SSSR count). The smallest absolute Gasteiger partial charge is 0.234 e. The molecule has 2 aromatic heterocycles. The van der Waals surface area contributed by atoms with Crippen molar-refractivity contribution in [2.75, 3.05) is 16.4 Å². The van der Waals surface area contributed by atoms with Gasteiger partial charge in [0.15, 0.2) is 16.7 Å². The Morgan fingerprint density at radius 1 is 1.21 bits per heavy atom. The Morgan fingerprint density at radius 2 is 2.00 bits per heavy atom. The minimum absolute atomic E-state index is 0.0927. The molecule has 0 radical (unpaired) electrons. The van der Waals surface area contributed by atoms with E-state index in [4.69, 9.17) is 0 Å². The molecule has 29 heavy (non-hydrogen) atoms. The number of nitrogens with one attached hydrogen (secondary N) is 2. The molecule has 0 saturated carbocycles. The number of nitrogens with zero attached hydrogens (tertiary/aromatic N) is 5. The second-order valence-electron chi connectivity index (χ2n) is 5.65. The van der Waals surface area contributed by atoms with Crippen molar-refractivity contribution in [2.24, 2.45) is 0 Å². The third-order valence-corrected chi connectivity index (χ3v) is 4.53. The van der Waals surface area contributed by atoms with Crippen LogP contribution in [-0.4, -0.2) is 42.6 Å². The van der Waals surface area contributed by atoms with E-state index in [1.165, 1.54) is 6.92 Å². The molecule has 0 bridgehead atoms. The summed E-state index contributed by atoms with van der Waals surface area (Å²) in [5, 5.41) is 20.7. The fourth-order valence-corrected chi connectivity index (χ4v) is 3.15. The molecule has 0 atom stereocenters. The van der Waals surface area contributed by atoms with E-state index in [1.54, 1.807) is 4.57 Å². The number of carbonyl (C=O) groups excluding carboxylic acids is 2. The zero-order valence-corrected chi connectivity index (χ0v) is 16.1. The molecule has 0 aliphatic heterocycles. The molecule has 0 aliphatic rings. The first-order valence-corrected chi connectivity index (χ1v) is 9.29. The summed E-state index contributed by atoms with van der Waals surface area (Å²) in [4.78, 5) is 23.4. The summed E-state index contributed by atoms with van der Waals surface area (Å²) in [7, 11) is 0. The number of aromatic nitrogens is 5. The maximum absolute atomic E-state index is 13.6. The lowest BCUT2D eigenvalue weighted by atomic mass is 10.3. The van der Waals surface area contributed by atoms with Crippen LogP contribution in [0, 0.1) is 11.6 Å². The molecular formula is C16H15F2N7O3S. The standard InChI is InChI=1S/C16H15F2N7O3S/c1-3-25-15(13-14(19-8(2)26)24-28-23-13)21-22-16(25)29-7-12(27)20-11-5-4-9(17)6-10(11)18/h4-6H,3,7H2,1-2H3,(H,20,27)(H,19,24,26). The summed E-state index contributed by atoms with van der Waals surface area (Å²) < 4.78 is 32.9. The van der Waals surface area contributed by atoms with Gasteiger partial charge in [-0.2, -0.15) is 0 Å². The number of halogens is 2. The summed E-state index contributed by atoms with van der Waals surface area (Å²) in [6.07, 6.45) is 0. The first kappa shape index (κ1) is 20.4. The number of anilines is 2. The molecule has 2 amide bonds. The Balaban J connectivity index is 1.71. The molecule has 3 aromatic rings. The quantitative estimate of drug-likeness (QED) is 0.554. The maximum atomic E-state index is 13.6. The van der Waals surface area contributed by atoms with Crippen LogP contribution in [0.3, 0.4) is 0 Å². The Labute approximate surface area is 167 Å². The van der Waals surface area contributed by atoms with E-state index in [1.807, 2.05) is 6.92 Å². The fraction of sp³-hybridized carbons (Fsp3) is 0.250. The van der Waals surface area contributed by atoms with Crippen molar-refractivity contribution in [3.63, 3.8) is 0 Å². The lowest BCUT2D eigenvalue weighted by Gasteiger charge is -2.08. The van der Waals surface area contributed by atoms with Gasteiger partial charge in [-0.25, -0.2) is 13.4 Å². The second kappa shape index (κ2) is 8.77. The topological polar surface area (TPSA) is 128 Å². The number of carbonyl (C=O) groups is 2. The van der Waals surface area contributed by atoms with Gasteiger partial charge in [0, 0.05) is 19.5 Å². The zero-order valence-electron chi connectivity index (χ0n) is 15.3. The van der Waals surface area contributed by atoms with Crippen LogP contribution < -0.4 is 10.6 Å². The summed E-state index contributed by atoms with van der Waals surface area (Å²) in [6, 6.07) is 2.87. The molecule has 0 unspecified atom stereocenters. The third-order valence-electron chi connectivity index (χ3n) is 3.57. The number of thioether (sulfide) groups is 1. The highest BCUT2D eigenvalue weighted by atomic mass is 32.2. The van der Waals surface area contributed by atoms with Crippen LogP contribution in [0.15, 0.2) is 28.0 Å². The highest BCUT2D eigenvalue weighted by Gasteiger charge is 2.22. The molecule has 152 valence electrons. The van der Waals surface area contributed by atoms with E-state index in [2.05, 4.69) is 35.8 Å². The lowest BCUT2D eigenvalue weighted by Crippen LogP contribution is -2.15. The number of amides is 2. The van der Waals surface area contributed by atoms with Crippen LogP contribution in [0.4, 0.5) is 20.3 Å². The summed E-state index contributed by atoms with van der Waals surface area (Å²) >= 11 is 1.06. The number of benzene rings is 1. The third kappa shape index (κ3) is 4.74. The van der Waals surface area contributed by atoms with E-state index in [0.717, 1.165) is 23.9 Å². The minimum atomic E-state index is -0.869. The Hall–Kier alpha value is -3.35. The number of hydrogen-bond donors (Lipinski definition) is 2. The van der Waals surface area contributed by atoms with E-state index in [0.29, 0.717) is 23.6 Å². The molecule has 0 fully saturated rings. The van der Waals surface area contributed by atoms with Crippen molar-refractivity contribution < 1.29 is 23.0 Å². The monoisotopic (exact) mass is 423 g/mol. The average Bonchev–Trinajstić information content (AvgIpc) is 3.27. The van der Waals surface area contributed by atoms with Crippen molar-refractivity contribution in [1.82, 2.24) is 25.1 Å². The van der Waals surface area contributed by atoms with Crippen LogP contribution in [0.5, 0.6) is 0 Å². The van der Waals surface area contributed by atoms with Gasteiger partial charge in [-0.1, -0.05) is 11.8 Å². The van der Waals surface area contributed by atoms with Crippen LogP contribution in [0.1, 0.15) is 13.8 Å². The highest BCUT2D eigenvalue weighted by molar-refractivity contribution is 7.99. The van der Waals surface area contributed by atoms with Crippen molar-refractivity contribution in [3.8, 4) is 11.5 Å². The highest BCUT2D eigenvalue weighted by Crippen LogP contribution is 2.27. The second-order valence-corrected chi connectivity index (χ2v) is 6.60. The molecule has 13 heteroatoms. The van der Waals surface area contributed by atoms with Gasteiger partial charge in [0.1, 0.15) is 11.6 Å². The predicted octanol–water partition coefficient (Wildman–Crippen LogP) is 2.32. The Bertz CT molecular complexity index is 1050. The molecule has 2 N–H and O–H groups in total. The Kier molecular flexibility index (Phi) is 6.16. The van der Waals surface area contributed by atoms with Gasteiger partial charge in [-0.05, 0) is 29.4 Å². The van der Waals surface area contributed by atoms with E-state index in [-0.39, 0.29) is 28.9 Å². The van der Waals surface area contributed by atoms with Crippen LogP contribution in [0.2, 0.25) is 0 Å². The molecule has 0 spiro atoms. The van der Waals surface area contributed by atoms with E-state index >= 15 is 0 Å². The maximum Gasteiger partial charge on any atom is 0.234 e. The van der Waals surface area contributed by atoms with Gasteiger partial charge in [-0.15, -0.1) is 10.2 Å². The van der Waals surface area contributed by atoms with Crippen LogP contribution in [-0.2, 0) is 16.1 Å². The van der Waals surface area contributed by atoms with E-state index < -0.39 is 17.5 Å². The largest absolute Gasteiger partial charge is 0.323 e. The first-order chi connectivity index (χ1) is 13.9. The number of hydrogen-bond acceptors (Lipinski definition) is 8. The first-order valence-electron chi connectivity index (χ1n) is 8.30. The fourth-order valence-electron chi connectivity index (χ4n) is 2.35. The molecular weight excluding hydrogens is 408 g/mol. The Morgan fingerprint density at radius 3 is 2.69 bits per heavy atom. The van der Waals surface area contributed by atoms with Gasteiger partial charge in [0.2, 0.25) is 17.6 Å². The molecule has 0 aliphatic carbocycles. The van der Waals surface area contributed by atoms with Crippen molar-refractivity contribution in [1.29, 1.82) is 0 Å². The van der Waals surface area contributed by atoms with Crippen molar-refractivity contribution >= 4 is 35.1 Å². The van der Waals surface area contributed by atoms with Crippen molar-refractivity contribution in [3.05, 3.63) is 29.8 Å². The molecule has 2 heterocycles. The summed E-state index contributed by atoms with van der Waals surface area (Å²) in [5.74, 6) is -2.17. The molecule has 10 nitrogen and oxygen atoms in total. The molecule has 1 aromatic carbocycles. The summed E-state index contributed by atoms with van der Waals surface area (Å²) in [5.41, 5.74) is 0.0718. The van der Waals surface area contributed by atoms with Gasteiger partial charge >= 0.3 is 0 Å². The minimum Gasteiger partial charge on any atom is -0.323 e. The lowest BCUT2D eigenvalue weighted by molar-refractivity contribution is -0.114. The average molecular weight is 423 g/mol. The summed E-state index contributed by atoms with van der Waals surface area (Å²) in [6.45, 7) is 3.58. The van der Waals surface area contributed by atoms with E-state index in [9.17, 15) is 18.4 Å². The zero-order chi connectivity index (χ0) is 21.0. The van der Waals surface area contributed by atoms with Gasteiger partial charge in [0.25, 0.3) is 0 Å². The van der Waals surface area contributed by atoms with Gasteiger partial charge in [-0.3, -0.25) is 9.59 Å². The number of rotatable bonds is 7. The predicted molar refractivity (Wildman–Crippen MR) is 99.0 cm³/mol. The molecule has 0 saturated heterocycles. The van der Waals surface area contributed by atoms with Crippen LogP contribution in [0.25, 0.3) is 11.5 Å².